The Hall–Kier alpha value is -0.588. The molecule has 3 N–H and O–H groups in total. The molecular weight excluding hydrogens is 173 g/mol. The maximum Gasteiger partial charge on any atom is 1.00 e. The van der Waals surface area contributed by atoms with Gasteiger partial charge in [0.1, 0.15) is 0 Å². The van der Waals surface area contributed by atoms with Gasteiger partial charge in [0.05, 0.1) is 0 Å². The molecule has 0 amide bonds. The van der Waals surface area contributed by atoms with E-state index >= 15 is 0 Å². The van der Waals surface area contributed by atoms with Crippen LogP contribution in [0.2, 0.25) is 0 Å². The van der Waals surface area contributed by atoms with E-state index in [1.54, 1.807) is 0 Å². The average Bonchev–Trinajstić information content (AvgIpc) is 1.85. The molecule has 0 heterocycles. The summed E-state index contributed by atoms with van der Waals surface area (Å²) in [5.74, 6) is -4.21. The molecule has 0 bridgehead atoms. The minimum atomic E-state index is -2.19. The van der Waals surface area contributed by atoms with Crippen LogP contribution in [-0.2, 0) is 14.5 Å². The van der Waals surface area contributed by atoms with E-state index in [0.29, 0.717) is 0 Å². The van der Waals surface area contributed by atoms with Crippen LogP contribution in [0.1, 0.15) is 0 Å². The van der Waals surface area contributed by atoms with Crippen LogP contribution in [0.4, 0.5) is 4.53 Å². The van der Waals surface area contributed by atoms with Crippen LogP contribution in [0.5, 0.6) is 0 Å². The fraction of sp³-hybridized carbons (Fsp3) is 0. The van der Waals surface area contributed by atoms with Gasteiger partial charge in [-0.15, -0.1) is 0 Å². The molecule has 10 heteroatoms. The predicted octanol–water partition coefficient (Wildman–Crippen LogP) is -6.88. The summed E-state index contributed by atoms with van der Waals surface area (Å²) < 4.78 is 10.4. The topological polar surface area (TPSA) is 127 Å². The van der Waals surface area contributed by atoms with Crippen LogP contribution >= 0.6 is 0 Å². The van der Waals surface area contributed by atoms with E-state index in [4.69, 9.17) is 25.0 Å². The molecule has 0 atom stereocenters. The molecule has 0 fully saturated rings. The van der Waals surface area contributed by atoms with Gasteiger partial charge in [0.2, 0.25) is 0 Å². The first-order valence-electron chi connectivity index (χ1n) is 2.00. The Labute approximate surface area is 78.0 Å². The third kappa shape index (κ3) is 22.7. The van der Waals surface area contributed by atoms with Crippen molar-refractivity contribution in [3.63, 3.8) is 0 Å². The first kappa shape index (κ1) is 17.5. The van der Waals surface area contributed by atoms with Gasteiger partial charge in [-0.25, -0.2) is 9.74 Å². The van der Waals surface area contributed by atoms with Crippen LogP contribution < -0.4 is 24.0 Å². The van der Waals surface area contributed by atoms with Gasteiger partial charge in [0.25, 0.3) is 0 Å². The molecule has 0 aliphatic heterocycles. The molecule has 0 saturated heterocycles. The molecule has 0 aromatic heterocycles. The van der Waals surface area contributed by atoms with Crippen LogP contribution in [0.3, 0.4) is 0 Å². The second kappa shape index (κ2) is 10.4. The quantitative estimate of drug-likeness (QED) is 0.247. The number of hydrogen-bond acceptors (Lipinski definition) is 7. The summed E-state index contributed by atoms with van der Waals surface area (Å²) in [6.45, 7) is 0. The SMILES string of the molecule is O=C([O-])C(=O)OF.OB(O)O.[Li+]. The smallest absolute Gasteiger partial charge is 0.539 e. The van der Waals surface area contributed by atoms with Crippen molar-refractivity contribution in [2.45, 2.75) is 0 Å². The van der Waals surface area contributed by atoms with Crippen molar-refractivity contribution in [2.24, 2.45) is 0 Å². The number of hydrogen-bond donors (Lipinski definition) is 3. The Morgan fingerprint density at radius 2 is 1.58 bits per heavy atom. The number of carbonyl (C=O) groups excluding carboxylic acids is 2. The second-order valence-electron chi connectivity index (χ2n) is 0.998. The molecule has 12 heavy (non-hydrogen) atoms. The molecule has 64 valence electrons. The molecule has 0 radical (unpaired) electrons. The Morgan fingerprint density at radius 3 is 1.58 bits per heavy atom. The maximum absolute atomic E-state index is 10.4. The zero-order valence-corrected chi connectivity index (χ0v) is 5.93. The number of carboxylic acid groups (broad SMARTS) is 1. The van der Waals surface area contributed by atoms with Crippen molar-refractivity contribution in [3.05, 3.63) is 0 Å². The summed E-state index contributed by atoms with van der Waals surface area (Å²) in [7, 11) is -2.17. The largest absolute Gasteiger partial charge is 1.00 e. The summed E-state index contributed by atoms with van der Waals surface area (Å²) in [6, 6.07) is 0. The van der Waals surface area contributed by atoms with Crippen molar-refractivity contribution in [1.29, 1.82) is 0 Å². The first-order valence-corrected chi connectivity index (χ1v) is 2.00. The van der Waals surface area contributed by atoms with Gasteiger partial charge in [0, 0.05) is 4.53 Å². The molecule has 0 spiro atoms. The van der Waals surface area contributed by atoms with E-state index in [9.17, 15) is 9.32 Å². The van der Waals surface area contributed by atoms with Crippen molar-refractivity contribution < 1.29 is 58.1 Å². The van der Waals surface area contributed by atoms with E-state index in [2.05, 4.69) is 4.94 Å². The van der Waals surface area contributed by atoms with Gasteiger partial charge in [-0.05, 0) is 0 Å². The van der Waals surface area contributed by atoms with Crippen LogP contribution in [-0.4, -0.2) is 34.3 Å². The maximum atomic E-state index is 10.4. The van der Waals surface area contributed by atoms with E-state index in [0.717, 1.165) is 0 Å². The molecule has 0 unspecified atom stereocenters. The Kier molecular flexibility index (Phi) is 15.2. The minimum Gasteiger partial charge on any atom is -0.539 e. The Balaban J connectivity index is -0.000000142. The normalized spacial score (nSPS) is 6.67. The first-order chi connectivity index (χ1) is 4.91. The summed E-state index contributed by atoms with van der Waals surface area (Å²) in [5, 5.41) is 30.6. The summed E-state index contributed by atoms with van der Waals surface area (Å²) in [6.07, 6.45) is 0. The summed E-state index contributed by atoms with van der Waals surface area (Å²) in [5.41, 5.74) is 0. The molecule has 7 nitrogen and oxygen atoms in total. The minimum absolute atomic E-state index is 0. The fourth-order valence-corrected chi connectivity index (χ4v) is 0.0315. The second-order valence-corrected chi connectivity index (χ2v) is 0.998. The molecule has 0 aliphatic rings. The van der Waals surface area contributed by atoms with Gasteiger partial charge in [-0.3, -0.25) is 0 Å². The molecule has 0 saturated carbocycles. The number of rotatable bonds is 0. The van der Waals surface area contributed by atoms with Crippen molar-refractivity contribution in [2.75, 3.05) is 0 Å². The third-order valence-corrected chi connectivity index (χ3v) is 0.237. The standard InChI is InChI=1S/C2HFO4.BH3O3.Li/c3-7-2(6)1(4)5;2-1(3)4;/h(H,4,5);2-4H;/q;;+1/p-1. The van der Waals surface area contributed by atoms with E-state index in [1.807, 2.05) is 0 Å². The monoisotopic (exact) mass is 176 g/mol. The van der Waals surface area contributed by atoms with Gasteiger partial charge in [-0.2, -0.15) is 0 Å². The number of aliphatic carboxylic acids is 1. The molecule has 0 aromatic carbocycles. The van der Waals surface area contributed by atoms with Crippen LogP contribution in [0.15, 0.2) is 0 Å². The molecule has 0 rings (SSSR count). The molecule has 0 aliphatic carbocycles. The van der Waals surface area contributed by atoms with Gasteiger partial charge in [0.15, 0.2) is 5.97 Å². The molecular formula is C2H3BFLiO7. The van der Waals surface area contributed by atoms with E-state index in [1.165, 1.54) is 0 Å². The summed E-state index contributed by atoms with van der Waals surface area (Å²) >= 11 is 0. The van der Waals surface area contributed by atoms with E-state index in [-0.39, 0.29) is 18.9 Å². The van der Waals surface area contributed by atoms with Crippen molar-refractivity contribution in [3.8, 4) is 0 Å². The zero-order valence-electron chi connectivity index (χ0n) is 5.93. The number of carbonyl (C=O) groups is 2. The van der Waals surface area contributed by atoms with Gasteiger partial charge < -0.3 is 25.0 Å². The Morgan fingerprint density at radius 1 is 1.33 bits per heavy atom. The fourth-order valence-electron chi connectivity index (χ4n) is 0.0315. The average molecular weight is 176 g/mol. The van der Waals surface area contributed by atoms with Gasteiger partial charge in [-0.1, -0.05) is 0 Å². The Bertz CT molecular complexity index is 137. The van der Waals surface area contributed by atoms with Crippen molar-refractivity contribution in [1.82, 2.24) is 0 Å². The number of halogens is 1. The van der Waals surface area contributed by atoms with Gasteiger partial charge >= 0.3 is 32.2 Å². The van der Waals surface area contributed by atoms with E-state index < -0.39 is 19.3 Å². The summed E-state index contributed by atoms with van der Waals surface area (Å²) in [4.78, 5) is 20.6. The third-order valence-electron chi connectivity index (χ3n) is 0.237. The van der Waals surface area contributed by atoms with Crippen LogP contribution in [0.25, 0.3) is 0 Å². The number of carboxylic acids is 1. The zero-order chi connectivity index (χ0) is 9.44. The predicted molar refractivity (Wildman–Crippen MR) is 24.6 cm³/mol. The van der Waals surface area contributed by atoms with Crippen molar-refractivity contribution >= 4 is 19.3 Å². The molecule has 0 aromatic rings. The van der Waals surface area contributed by atoms with Crippen LogP contribution in [0, 0.1) is 0 Å².